The molecule has 0 spiro atoms. The number of nitrogens with zero attached hydrogens (tertiary/aromatic N) is 1. The van der Waals surface area contributed by atoms with E-state index in [1.807, 2.05) is 24.3 Å². The minimum Gasteiger partial charge on any atom is -0.497 e. The fourth-order valence-corrected chi connectivity index (χ4v) is 4.86. The van der Waals surface area contributed by atoms with Gasteiger partial charge in [-0.2, -0.15) is 0 Å². The number of rotatable bonds is 6. The molecule has 5 rings (SSSR count). The predicted octanol–water partition coefficient (Wildman–Crippen LogP) is 5.67. The van der Waals surface area contributed by atoms with Gasteiger partial charge in [-0.3, -0.25) is 4.79 Å². The van der Waals surface area contributed by atoms with Crippen molar-refractivity contribution >= 4 is 33.0 Å². The smallest absolute Gasteiger partial charge is 0.205 e. The van der Waals surface area contributed by atoms with E-state index >= 15 is 0 Å². The maximum atomic E-state index is 13.2. The van der Waals surface area contributed by atoms with Crippen molar-refractivity contribution in [2.75, 3.05) is 20.0 Å². The summed E-state index contributed by atoms with van der Waals surface area (Å²) in [7, 11) is 3.25. The summed E-state index contributed by atoms with van der Waals surface area (Å²) >= 11 is 1.37. The number of ether oxygens (including phenoxy) is 2. The van der Waals surface area contributed by atoms with Crippen LogP contribution in [0.5, 0.6) is 11.5 Å². The average Bonchev–Trinajstić information content (AvgIpc) is 3.62. The van der Waals surface area contributed by atoms with Gasteiger partial charge in [-0.15, -0.1) is 11.3 Å². The summed E-state index contributed by atoms with van der Waals surface area (Å²) in [6.07, 6.45) is 2.30. The highest BCUT2D eigenvalue weighted by molar-refractivity contribution is 7.21. The number of nitrogens with two attached hydrogens (primary N) is 1. The Labute approximate surface area is 184 Å². The zero-order valence-electron chi connectivity index (χ0n) is 17.3. The highest BCUT2D eigenvalue weighted by Gasteiger charge is 2.28. The number of hydrogen-bond donors (Lipinski definition) is 1. The Morgan fingerprint density at radius 1 is 1.00 bits per heavy atom. The number of ketones is 1. The molecule has 2 aromatic carbocycles. The van der Waals surface area contributed by atoms with Crippen LogP contribution in [0.25, 0.3) is 21.3 Å². The first-order chi connectivity index (χ1) is 15.1. The van der Waals surface area contributed by atoms with Gasteiger partial charge in [-0.25, -0.2) is 4.98 Å². The summed E-state index contributed by atoms with van der Waals surface area (Å²) in [4.78, 5) is 19.5. The van der Waals surface area contributed by atoms with Crippen molar-refractivity contribution in [2.45, 2.75) is 18.8 Å². The molecule has 0 amide bonds. The molecule has 6 heteroatoms. The zero-order chi connectivity index (χ0) is 21.5. The molecule has 5 nitrogen and oxygen atoms in total. The van der Waals surface area contributed by atoms with Crippen LogP contribution in [0.3, 0.4) is 0 Å². The standard InChI is InChI=1S/C25H22N2O3S/c1-29-17-9-5-14(6-10-17)19-13-20(15-3-4-15)27-25-21(19)22(26)24(31-25)23(28)16-7-11-18(30-2)12-8-16/h5-13,15H,3-4,26H2,1-2H3. The third kappa shape index (κ3) is 3.53. The number of nitrogen functional groups attached to an aromatic ring is 1. The molecule has 1 aliphatic carbocycles. The van der Waals surface area contributed by atoms with Crippen molar-refractivity contribution in [1.29, 1.82) is 0 Å². The maximum Gasteiger partial charge on any atom is 0.205 e. The number of methoxy groups -OCH3 is 2. The lowest BCUT2D eigenvalue weighted by Crippen LogP contribution is -2.02. The Morgan fingerprint density at radius 2 is 1.61 bits per heavy atom. The Kier molecular flexibility index (Phi) is 4.87. The van der Waals surface area contributed by atoms with Crippen molar-refractivity contribution < 1.29 is 14.3 Å². The molecule has 156 valence electrons. The molecule has 1 fully saturated rings. The molecular weight excluding hydrogens is 408 g/mol. The number of aromatic nitrogens is 1. The van der Waals surface area contributed by atoms with Crippen LogP contribution in [0.4, 0.5) is 5.69 Å². The Morgan fingerprint density at radius 3 is 2.19 bits per heavy atom. The van der Waals surface area contributed by atoms with Crippen LogP contribution in [0, 0.1) is 0 Å². The molecule has 4 aromatic rings. The summed E-state index contributed by atoms with van der Waals surface area (Å²) in [6.45, 7) is 0. The monoisotopic (exact) mass is 430 g/mol. The highest BCUT2D eigenvalue weighted by Crippen LogP contribution is 2.45. The van der Waals surface area contributed by atoms with Gasteiger partial charge in [0.1, 0.15) is 21.2 Å². The fraction of sp³-hybridized carbons (Fsp3) is 0.200. The molecule has 0 bridgehead atoms. The van der Waals surface area contributed by atoms with Crippen molar-refractivity contribution in [1.82, 2.24) is 4.98 Å². The number of carbonyl (C=O) groups excluding carboxylic acids is 1. The van der Waals surface area contributed by atoms with Gasteiger partial charge in [0, 0.05) is 22.6 Å². The minimum absolute atomic E-state index is 0.100. The minimum atomic E-state index is -0.100. The largest absolute Gasteiger partial charge is 0.497 e. The Bertz CT molecular complexity index is 1270. The van der Waals surface area contributed by atoms with Crippen LogP contribution in [-0.2, 0) is 0 Å². The van der Waals surface area contributed by atoms with E-state index in [1.54, 1.807) is 38.5 Å². The molecule has 0 unspecified atom stereocenters. The number of pyridine rings is 1. The van der Waals surface area contributed by atoms with Crippen LogP contribution < -0.4 is 15.2 Å². The van der Waals surface area contributed by atoms with Crippen molar-refractivity contribution in [3.63, 3.8) is 0 Å². The molecule has 1 aliphatic rings. The molecule has 2 N–H and O–H groups in total. The quantitative estimate of drug-likeness (QED) is 0.399. The van der Waals surface area contributed by atoms with E-state index in [4.69, 9.17) is 20.2 Å². The molecule has 31 heavy (non-hydrogen) atoms. The van der Waals surface area contributed by atoms with Gasteiger partial charge in [-0.05, 0) is 66.4 Å². The second kappa shape index (κ2) is 7.71. The van der Waals surface area contributed by atoms with E-state index in [9.17, 15) is 4.79 Å². The maximum absolute atomic E-state index is 13.2. The molecule has 2 heterocycles. The summed E-state index contributed by atoms with van der Waals surface area (Å²) in [5.41, 5.74) is 10.7. The van der Waals surface area contributed by atoms with Crippen LogP contribution in [-0.4, -0.2) is 25.0 Å². The van der Waals surface area contributed by atoms with E-state index in [0.29, 0.717) is 27.8 Å². The number of thiophene rings is 1. The second-order valence-electron chi connectivity index (χ2n) is 7.68. The Balaban J connectivity index is 1.66. The van der Waals surface area contributed by atoms with E-state index in [0.717, 1.165) is 45.6 Å². The van der Waals surface area contributed by atoms with Crippen LogP contribution in [0.1, 0.15) is 39.7 Å². The van der Waals surface area contributed by atoms with Crippen LogP contribution >= 0.6 is 11.3 Å². The second-order valence-corrected chi connectivity index (χ2v) is 8.68. The number of anilines is 1. The van der Waals surface area contributed by atoms with Crippen molar-refractivity contribution in [3.8, 4) is 22.6 Å². The summed E-state index contributed by atoms with van der Waals surface area (Å²) in [6, 6.07) is 17.1. The molecule has 0 radical (unpaired) electrons. The molecule has 2 aromatic heterocycles. The van der Waals surface area contributed by atoms with Crippen LogP contribution in [0.2, 0.25) is 0 Å². The normalized spacial score (nSPS) is 13.4. The van der Waals surface area contributed by atoms with E-state index in [-0.39, 0.29) is 5.78 Å². The van der Waals surface area contributed by atoms with Crippen molar-refractivity contribution in [2.24, 2.45) is 0 Å². The van der Waals surface area contributed by atoms with Gasteiger partial charge in [0.05, 0.1) is 19.9 Å². The first-order valence-corrected chi connectivity index (χ1v) is 11.0. The molecule has 0 saturated heterocycles. The third-order valence-electron chi connectivity index (χ3n) is 5.67. The average molecular weight is 431 g/mol. The van der Waals surface area contributed by atoms with E-state index in [2.05, 4.69) is 6.07 Å². The lowest BCUT2D eigenvalue weighted by Gasteiger charge is -2.09. The summed E-state index contributed by atoms with van der Waals surface area (Å²) < 4.78 is 10.5. The van der Waals surface area contributed by atoms with Gasteiger partial charge in [0.25, 0.3) is 0 Å². The Hall–Kier alpha value is -3.38. The van der Waals surface area contributed by atoms with Gasteiger partial charge < -0.3 is 15.2 Å². The first kappa shape index (κ1) is 19.6. The number of benzene rings is 2. The van der Waals surface area contributed by atoms with Gasteiger partial charge in [0.15, 0.2) is 0 Å². The lowest BCUT2D eigenvalue weighted by molar-refractivity contribution is 0.104. The van der Waals surface area contributed by atoms with Gasteiger partial charge in [0.2, 0.25) is 5.78 Å². The first-order valence-electron chi connectivity index (χ1n) is 10.1. The fourth-order valence-electron chi connectivity index (χ4n) is 3.77. The predicted molar refractivity (Wildman–Crippen MR) is 124 cm³/mol. The molecular formula is C25H22N2O3S. The van der Waals surface area contributed by atoms with Crippen LogP contribution in [0.15, 0.2) is 54.6 Å². The molecule has 0 atom stereocenters. The zero-order valence-corrected chi connectivity index (χ0v) is 18.2. The lowest BCUT2D eigenvalue weighted by atomic mass is 9.99. The van der Waals surface area contributed by atoms with E-state index < -0.39 is 0 Å². The highest BCUT2D eigenvalue weighted by atomic mass is 32.1. The molecule has 0 aliphatic heterocycles. The number of fused-ring (bicyclic) bond motifs is 1. The summed E-state index contributed by atoms with van der Waals surface area (Å²) in [5, 5.41) is 0.844. The molecule has 1 saturated carbocycles. The van der Waals surface area contributed by atoms with Crippen molar-refractivity contribution in [3.05, 3.63) is 70.7 Å². The number of hydrogen-bond acceptors (Lipinski definition) is 6. The number of carbonyl (C=O) groups is 1. The SMILES string of the molecule is COc1ccc(C(=O)c2sc3nc(C4CC4)cc(-c4ccc(OC)cc4)c3c2N)cc1. The van der Waals surface area contributed by atoms with Gasteiger partial charge >= 0.3 is 0 Å². The van der Waals surface area contributed by atoms with Gasteiger partial charge in [-0.1, -0.05) is 12.1 Å². The van der Waals surface area contributed by atoms with E-state index in [1.165, 1.54) is 11.3 Å². The summed E-state index contributed by atoms with van der Waals surface area (Å²) in [5.74, 6) is 1.89. The topological polar surface area (TPSA) is 74.4 Å². The third-order valence-corrected chi connectivity index (χ3v) is 6.77.